The lowest BCUT2D eigenvalue weighted by atomic mass is 9.90. The third kappa shape index (κ3) is 4.49. The number of carbonyl (C=O) groups is 1. The highest BCUT2D eigenvalue weighted by molar-refractivity contribution is 7.92. The molecule has 0 aromatic heterocycles. The van der Waals surface area contributed by atoms with Crippen LogP contribution in [0.15, 0.2) is 47.4 Å². The lowest BCUT2D eigenvalue weighted by Gasteiger charge is -2.18. The number of hydrogen-bond acceptors (Lipinski definition) is 5. The van der Waals surface area contributed by atoms with Crippen LogP contribution in [0, 0.1) is 17.6 Å². The molecule has 3 rings (SSSR count). The molecule has 0 aliphatic carbocycles. The number of carbonyl (C=O) groups excluding carboxylic acids is 1. The zero-order chi connectivity index (χ0) is 23.8. The molecule has 0 saturated heterocycles. The van der Waals surface area contributed by atoms with Crippen molar-refractivity contribution >= 4 is 38.9 Å². The Hall–Kier alpha value is -2.91. The van der Waals surface area contributed by atoms with Crippen molar-refractivity contribution in [2.45, 2.75) is 25.2 Å². The Morgan fingerprint density at radius 3 is 2.59 bits per heavy atom. The highest BCUT2D eigenvalue weighted by Gasteiger charge is 2.27. The van der Waals surface area contributed by atoms with Gasteiger partial charge in [0.15, 0.2) is 5.75 Å². The molecule has 4 bridgehead atoms. The number of halogens is 3. The van der Waals surface area contributed by atoms with E-state index in [2.05, 4.69) is 6.58 Å². The van der Waals surface area contributed by atoms with E-state index in [0.29, 0.717) is 23.6 Å². The Balaban J connectivity index is 2.29. The zero-order valence-corrected chi connectivity index (χ0v) is 18.8. The van der Waals surface area contributed by atoms with Crippen molar-refractivity contribution in [2.24, 2.45) is 5.92 Å². The molecule has 32 heavy (non-hydrogen) atoms. The van der Waals surface area contributed by atoms with Crippen molar-refractivity contribution < 1.29 is 31.8 Å². The summed E-state index contributed by atoms with van der Waals surface area (Å²) in [5, 5.41) is 9.78. The Morgan fingerprint density at radius 1 is 1.25 bits per heavy atom. The second kappa shape index (κ2) is 8.91. The van der Waals surface area contributed by atoms with E-state index in [1.807, 2.05) is 11.6 Å². The van der Waals surface area contributed by atoms with E-state index in [0.717, 1.165) is 18.2 Å². The maximum absolute atomic E-state index is 14.6. The fourth-order valence-corrected chi connectivity index (χ4v) is 4.78. The molecular formula is C22H20ClF2NO5S. The lowest BCUT2D eigenvalue weighted by Crippen LogP contribution is -2.16. The number of rotatable bonds is 1. The number of nitrogens with one attached hydrogen (secondary N) is 1. The van der Waals surface area contributed by atoms with Gasteiger partial charge in [0.05, 0.1) is 22.9 Å². The maximum atomic E-state index is 14.6. The Labute approximate surface area is 189 Å². The molecule has 10 heteroatoms. The van der Waals surface area contributed by atoms with Gasteiger partial charge in [0, 0.05) is 11.6 Å². The van der Waals surface area contributed by atoms with Crippen molar-refractivity contribution in [3.8, 4) is 5.75 Å². The molecule has 1 heterocycles. The molecule has 0 saturated carbocycles. The molecule has 170 valence electrons. The number of cyclic esters (lactones) is 1. The number of anilines is 1. The van der Waals surface area contributed by atoms with Crippen LogP contribution in [-0.2, 0) is 14.8 Å². The van der Waals surface area contributed by atoms with Crippen LogP contribution in [0.2, 0.25) is 5.02 Å². The summed E-state index contributed by atoms with van der Waals surface area (Å²) in [6.07, 6.45) is 1.76. The average Bonchev–Trinajstić information content (AvgIpc) is 2.72. The van der Waals surface area contributed by atoms with Crippen LogP contribution in [0.3, 0.4) is 0 Å². The van der Waals surface area contributed by atoms with E-state index in [1.165, 1.54) is 6.08 Å². The van der Waals surface area contributed by atoms with Gasteiger partial charge in [-0.05, 0) is 43.0 Å². The van der Waals surface area contributed by atoms with Gasteiger partial charge in [-0.25, -0.2) is 22.0 Å². The minimum atomic E-state index is -4.63. The molecule has 0 spiro atoms. The van der Waals surface area contributed by atoms with E-state index >= 15 is 0 Å². The van der Waals surface area contributed by atoms with Crippen molar-refractivity contribution in [3.05, 3.63) is 70.3 Å². The SMILES string of the molecule is C=C/C1=C(\C)C(C)CCOC(=O)c2cc(Cl)c(O)c(c2)S(=O)(=O)Nc2cc1c(F)cc2F. The maximum Gasteiger partial charge on any atom is 0.338 e. The van der Waals surface area contributed by atoms with Crippen LogP contribution in [-0.4, -0.2) is 26.1 Å². The number of sulfonamides is 1. The summed E-state index contributed by atoms with van der Waals surface area (Å²) in [7, 11) is -4.63. The van der Waals surface area contributed by atoms with Crippen LogP contribution in [0.1, 0.15) is 36.2 Å². The first-order valence-corrected chi connectivity index (χ1v) is 11.4. The third-order valence-electron chi connectivity index (χ3n) is 5.30. The number of aromatic hydroxyl groups is 1. The van der Waals surface area contributed by atoms with E-state index in [9.17, 15) is 27.1 Å². The zero-order valence-electron chi connectivity index (χ0n) is 17.2. The number of allylic oxidation sites excluding steroid dienone is 3. The van der Waals surface area contributed by atoms with Crippen molar-refractivity contribution in [1.29, 1.82) is 0 Å². The van der Waals surface area contributed by atoms with Crippen LogP contribution in [0.25, 0.3) is 5.57 Å². The van der Waals surface area contributed by atoms with E-state index in [-0.39, 0.29) is 23.7 Å². The number of phenols is 1. The molecule has 2 aromatic rings. The number of hydrogen-bond donors (Lipinski definition) is 2. The number of fused-ring (bicyclic) bond motifs is 4. The second-order valence-corrected chi connectivity index (χ2v) is 9.41. The minimum Gasteiger partial charge on any atom is -0.505 e. The molecule has 6 nitrogen and oxygen atoms in total. The van der Waals surface area contributed by atoms with Gasteiger partial charge in [-0.2, -0.15) is 0 Å². The highest BCUT2D eigenvalue weighted by atomic mass is 35.5. The molecule has 1 atom stereocenters. The molecule has 1 aliphatic rings. The number of phenolic OH excluding ortho intramolecular Hbond substituents is 1. The smallest absolute Gasteiger partial charge is 0.338 e. The monoisotopic (exact) mass is 483 g/mol. The Morgan fingerprint density at radius 2 is 1.94 bits per heavy atom. The van der Waals surface area contributed by atoms with E-state index in [4.69, 9.17) is 16.3 Å². The van der Waals surface area contributed by atoms with Crippen LogP contribution in [0.5, 0.6) is 5.75 Å². The average molecular weight is 484 g/mol. The van der Waals surface area contributed by atoms with Crippen LogP contribution < -0.4 is 4.72 Å². The van der Waals surface area contributed by atoms with Crippen molar-refractivity contribution in [3.63, 3.8) is 0 Å². The predicted octanol–water partition coefficient (Wildman–Crippen LogP) is 5.28. The number of esters is 1. The van der Waals surface area contributed by atoms with Crippen LogP contribution >= 0.6 is 11.6 Å². The molecular weight excluding hydrogens is 464 g/mol. The first-order chi connectivity index (χ1) is 15.0. The summed E-state index contributed by atoms with van der Waals surface area (Å²) in [6.45, 7) is 7.25. The topological polar surface area (TPSA) is 92.7 Å². The summed E-state index contributed by atoms with van der Waals surface area (Å²) in [6, 6.07) is 3.51. The standard InChI is InChI=1S/C22H20ClF2NO5S/c1-4-14-12(3)11(2)5-6-31-22(28)13-7-16(23)21(27)20(8-13)32(29,30)26-19-9-15(14)17(24)10-18(19)25/h4,7-11,26-27H,1,5-6H2,2-3H3/b14-12-. The van der Waals surface area contributed by atoms with Gasteiger partial charge in [-0.15, -0.1) is 0 Å². The summed E-state index contributed by atoms with van der Waals surface area (Å²) >= 11 is 5.91. The van der Waals surface area contributed by atoms with E-state index < -0.39 is 49.0 Å². The summed E-state index contributed by atoms with van der Waals surface area (Å²) in [4.78, 5) is 11.7. The largest absolute Gasteiger partial charge is 0.505 e. The number of benzene rings is 2. The van der Waals surface area contributed by atoms with Gasteiger partial charge in [0.1, 0.15) is 16.5 Å². The van der Waals surface area contributed by atoms with Gasteiger partial charge in [0.25, 0.3) is 10.0 Å². The normalized spacial score (nSPS) is 21.0. The summed E-state index contributed by atoms with van der Waals surface area (Å²) in [5.74, 6) is -3.94. The summed E-state index contributed by atoms with van der Waals surface area (Å²) < 4.78 is 62.2. The Kier molecular flexibility index (Phi) is 6.61. The fraction of sp³-hybridized carbons (Fsp3) is 0.227. The van der Waals surface area contributed by atoms with E-state index in [1.54, 1.807) is 6.92 Å². The van der Waals surface area contributed by atoms with Gasteiger partial charge < -0.3 is 9.84 Å². The van der Waals surface area contributed by atoms with Gasteiger partial charge >= 0.3 is 5.97 Å². The minimum absolute atomic E-state index is 0.0161. The molecule has 2 N–H and O–H groups in total. The predicted molar refractivity (Wildman–Crippen MR) is 117 cm³/mol. The molecule has 0 fully saturated rings. The summed E-state index contributed by atoms with van der Waals surface area (Å²) in [5.41, 5.74) is 0.204. The molecule has 1 unspecified atom stereocenters. The lowest BCUT2D eigenvalue weighted by molar-refractivity contribution is 0.0489. The molecule has 2 aromatic carbocycles. The van der Waals surface area contributed by atoms with Crippen molar-refractivity contribution in [1.82, 2.24) is 0 Å². The van der Waals surface area contributed by atoms with Gasteiger partial charge in [0.2, 0.25) is 0 Å². The first-order valence-electron chi connectivity index (χ1n) is 9.51. The molecule has 0 radical (unpaired) electrons. The number of ether oxygens (including phenoxy) is 1. The molecule has 1 aliphatic heterocycles. The van der Waals surface area contributed by atoms with Crippen molar-refractivity contribution in [2.75, 3.05) is 11.3 Å². The van der Waals surface area contributed by atoms with Gasteiger partial charge in [-0.3, -0.25) is 4.72 Å². The fourth-order valence-electron chi connectivity index (χ4n) is 3.31. The Bertz CT molecular complexity index is 1260. The third-order valence-corrected chi connectivity index (χ3v) is 6.96. The van der Waals surface area contributed by atoms with Gasteiger partial charge in [-0.1, -0.05) is 36.8 Å². The van der Waals surface area contributed by atoms with Crippen LogP contribution in [0.4, 0.5) is 14.5 Å². The quantitative estimate of drug-likeness (QED) is 0.538. The first kappa shape index (κ1) is 23.7. The highest BCUT2D eigenvalue weighted by Crippen LogP contribution is 2.36. The second-order valence-electron chi connectivity index (χ2n) is 7.35. The molecule has 0 amide bonds.